The van der Waals surface area contributed by atoms with Crippen molar-refractivity contribution < 1.29 is 14.3 Å². The molecule has 1 saturated heterocycles. The van der Waals surface area contributed by atoms with E-state index in [1.54, 1.807) is 17.8 Å². The number of carbonyl (C=O) groups is 1. The van der Waals surface area contributed by atoms with Gasteiger partial charge in [0.05, 0.1) is 10.8 Å². The molecule has 1 aromatic carbocycles. The van der Waals surface area contributed by atoms with Crippen LogP contribution < -0.4 is 5.32 Å². The molecule has 3 nitrogen and oxygen atoms in total. The fourth-order valence-electron chi connectivity index (χ4n) is 1.84. The Morgan fingerprint density at radius 2 is 2.42 bits per heavy atom. The molecule has 0 radical (unpaired) electrons. The van der Waals surface area contributed by atoms with Gasteiger partial charge in [0.25, 0.3) is 0 Å². The minimum absolute atomic E-state index is 0.0306. The summed E-state index contributed by atoms with van der Waals surface area (Å²) in [7, 11) is 0. The molecule has 1 aliphatic rings. The van der Waals surface area contributed by atoms with Crippen LogP contribution in [0.15, 0.2) is 18.2 Å². The largest absolute Gasteiger partial charge is 0.384 e. The van der Waals surface area contributed by atoms with Gasteiger partial charge in [0.1, 0.15) is 12.4 Å². The number of aliphatic hydroxyl groups is 1. The van der Waals surface area contributed by atoms with Crippen molar-refractivity contribution in [3.05, 3.63) is 29.6 Å². The highest BCUT2D eigenvalue weighted by Gasteiger charge is 2.23. The van der Waals surface area contributed by atoms with Crippen LogP contribution >= 0.6 is 11.8 Å². The number of halogens is 1. The van der Waals surface area contributed by atoms with Crippen LogP contribution in [0.1, 0.15) is 18.4 Å². The highest BCUT2D eigenvalue weighted by atomic mass is 32.2. The van der Waals surface area contributed by atoms with Crippen molar-refractivity contribution in [1.29, 1.82) is 0 Å². The molecule has 5 heteroatoms. The van der Waals surface area contributed by atoms with Gasteiger partial charge < -0.3 is 10.4 Å². The number of rotatable bonds is 2. The van der Waals surface area contributed by atoms with Gasteiger partial charge in [0, 0.05) is 5.69 Å². The summed E-state index contributed by atoms with van der Waals surface area (Å²) in [4.78, 5) is 11.9. The summed E-state index contributed by atoms with van der Waals surface area (Å²) in [6.45, 7) is -0.309. The Kier molecular flexibility index (Phi) is 4.83. The molecule has 0 saturated carbocycles. The molecule has 2 N–H and O–H groups in total. The first-order chi connectivity index (χ1) is 9.20. The van der Waals surface area contributed by atoms with Gasteiger partial charge in [0.15, 0.2) is 0 Å². The lowest BCUT2D eigenvalue weighted by Gasteiger charge is -2.10. The summed E-state index contributed by atoms with van der Waals surface area (Å²) < 4.78 is 13.7. The first kappa shape index (κ1) is 13.9. The number of hydrogen-bond acceptors (Lipinski definition) is 3. The molecule has 1 aliphatic heterocycles. The van der Waals surface area contributed by atoms with Gasteiger partial charge in [-0.15, -0.1) is 11.8 Å². The summed E-state index contributed by atoms with van der Waals surface area (Å²) in [5, 5.41) is 11.2. The summed E-state index contributed by atoms with van der Waals surface area (Å²) in [6, 6.07) is 4.36. The maximum absolute atomic E-state index is 13.7. The van der Waals surface area contributed by atoms with Crippen LogP contribution in [0, 0.1) is 17.7 Å². The normalized spacial score (nSPS) is 17.7. The van der Waals surface area contributed by atoms with Crippen LogP contribution in [-0.2, 0) is 4.79 Å². The van der Waals surface area contributed by atoms with E-state index in [1.807, 2.05) is 0 Å². The Hall–Kier alpha value is -1.51. The summed E-state index contributed by atoms with van der Waals surface area (Å²) in [5.41, 5.74) is 0.645. The van der Waals surface area contributed by atoms with Crippen LogP contribution in [0.2, 0.25) is 0 Å². The molecule has 19 heavy (non-hydrogen) atoms. The van der Waals surface area contributed by atoms with Gasteiger partial charge in [-0.3, -0.25) is 4.79 Å². The minimum atomic E-state index is -0.502. The van der Waals surface area contributed by atoms with E-state index in [9.17, 15) is 9.18 Å². The molecule has 0 spiro atoms. The van der Waals surface area contributed by atoms with Crippen molar-refractivity contribution >= 4 is 23.4 Å². The summed E-state index contributed by atoms with van der Waals surface area (Å²) >= 11 is 1.63. The SMILES string of the molecule is O=C(Nc1ccc(C#CCO)c(F)c1)C1CCCS1. The molecule has 1 heterocycles. The number of anilines is 1. The third kappa shape index (κ3) is 3.72. The zero-order valence-electron chi connectivity index (χ0n) is 10.3. The van der Waals surface area contributed by atoms with Crippen LogP contribution in [0.25, 0.3) is 0 Å². The zero-order valence-corrected chi connectivity index (χ0v) is 11.1. The Bertz CT molecular complexity index is 530. The summed E-state index contributed by atoms with van der Waals surface area (Å²) in [5.74, 6) is 5.32. The van der Waals surface area contributed by atoms with Crippen molar-refractivity contribution in [3.8, 4) is 11.8 Å². The Morgan fingerprint density at radius 1 is 1.58 bits per heavy atom. The second kappa shape index (κ2) is 6.60. The van der Waals surface area contributed by atoms with Gasteiger partial charge in [-0.25, -0.2) is 4.39 Å². The summed E-state index contributed by atoms with van der Waals surface area (Å²) in [6.07, 6.45) is 1.92. The van der Waals surface area contributed by atoms with E-state index in [-0.39, 0.29) is 23.3 Å². The topological polar surface area (TPSA) is 49.3 Å². The van der Waals surface area contributed by atoms with Gasteiger partial charge in [0.2, 0.25) is 5.91 Å². The molecule has 2 rings (SSSR count). The van der Waals surface area contributed by atoms with Gasteiger partial charge in [-0.2, -0.15) is 0 Å². The molecule has 1 amide bonds. The number of aliphatic hydroxyl groups excluding tert-OH is 1. The third-order valence-electron chi connectivity index (χ3n) is 2.76. The van der Waals surface area contributed by atoms with E-state index >= 15 is 0 Å². The fourth-order valence-corrected chi connectivity index (χ4v) is 3.00. The number of hydrogen-bond donors (Lipinski definition) is 2. The van der Waals surface area contributed by atoms with Crippen LogP contribution in [-0.4, -0.2) is 28.6 Å². The first-order valence-electron chi connectivity index (χ1n) is 6.02. The molecule has 1 atom stereocenters. The third-order valence-corrected chi connectivity index (χ3v) is 4.14. The predicted octanol–water partition coefficient (Wildman–Crippen LogP) is 2.00. The number of amides is 1. The molecule has 1 unspecified atom stereocenters. The molecule has 0 aliphatic carbocycles. The number of nitrogens with one attached hydrogen (secondary N) is 1. The van der Waals surface area contributed by atoms with E-state index < -0.39 is 5.82 Å². The maximum Gasteiger partial charge on any atom is 0.237 e. The van der Waals surface area contributed by atoms with E-state index in [0.717, 1.165) is 18.6 Å². The first-order valence-corrected chi connectivity index (χ1v) is 7.07. The van der Waals surface area contributed by atoms with Crippen LogP contribution in [0.4, 0.5) is 10.1 Å². The van der Waals surface area contributed by atoms with Gasteiger partial charge >= 0.3 is 0 Å². The standard InChI is InChI=1S/C14H14FNO2S/c15-12-9-11(6-5-10(12)3-1-7-17)16-14(18)13-4-2-8-19-13/h5-6,9,13,17H,2,4,7-8H2,(H,16,18). The zero-order chi connectivity index (χ0) is 13.7. The number of benzene rings is 1. The second-order valence-electron chi connectivity index (χ2n) is 4.15. The molecular weight excluding hydrogens is 265 g/mol. The Morgan fingerprint density at radius 3 is 3.05 bits per heavy atom. The lowest BCUT2D eigenvalue weighted by Crippen LogP contribution is -2.22. The van der Waals surface area contributed by atoms with Crippen molar-refractivity contribution in [3.63, 3.8) is 0 Å². The van der Waals surface area contributed by atoms with Gasteiger partial charge in [-0.05, 0) is 36.8 Å². The van der Waals surface area contributed by atoms with E-state index in [0.29, 0.717) is 5.69 Å². The molecule has 0 bridgehead atoms. The average Bonchev–Trinajstić information content (AvgIpc) is 2.92. The molecule has 0 aromatic heterocycles. The molecular formula is C14H14FNO2S. The van der Waals surface area contributed by atoms with Crippen LogP contribution in [0.3, 0.4) is 0 Å². The highest BCUT2D eigenvalue weighted by Crippen LogP contribution is 2.27. The van der Waals surface area contributed by atoms with Crippen LogP contribution in [0.5, 0.6) is 0 Å². The lowest BCUT2D eigenvalue weighted by molar-refractivity contribution is -0.115. The van der Waals surface area contributed by atoms with Crippen molar-refractivity contribution in [2.24, 2.45) is 0 Å². The van der Waals surface area contributed by atoms with E-state index in [4.69, 9.17) is 5.11 Å². The maximum atomic E-state index is 13.7. The van der Waals surface area contributed by atoms with E-state index in [2.05, 4.69) is 17.2 Å². The van der Waals surface area contributed by atoms with Crippen molar-refractivity contribution in [2.45, 2.75) is 18.1 Å². The van der Waals surface area contributed by atoms with Crippen molar-refractivity contribution in [1.82, 2.24) is 0 Å². The smallest absolute Gasteiger partial charge is 0.237 e. The predicted molar refractivity (Wildman–Crippen MR) is 74.5 cm³/mol. The molecule has 100 valence electrons. The van der Waals surface area contributed by atoms with Crippen molar-refractivity contribution in [2.75, 3.05) is 17.7 Å². The van der Waals surface area contributed by atoms with E-state index in [1.165, 1.54) is 12.1 Å². The van der Waals surface area contributed by atoms with Gasteiger partial charge in [-0.1, -0.05) is 11.8 Å². The highest BCUT2D eigenvalue weighted by molar-refractivity contribution is 8.00. The average molecular weight is 279 g/mol. The molecule has 1 aromatic rings. The lowest BCUT2D eigenvalue weighted by atomic mass is 10.2. The Balaban J connectivity index is 2.05. The minimum Gasteiger partial charge on any atom is -0.384 e. The monoisotopic (exact) mass is 279 g/mol. The number of carbonyl (C=O) groups excluding carboxylic acids is 1. The fraction of sp³-hybridized carbons (Fsp3) is 0.357. The quantitative estimate of drug-likeness (QED) is 0.814. The second-order valence-corrected chi connectivity index (χ2v) is 5.46. The number of thioether (sulfide) groups is 1. The molecule has 1 fully saturated rings. The Labute approximate surface area is 115 Å².